The lowest BCUT2D eigenvalue weighted by atomic mass is 10.2. The largest absolute Gasteiger partial charge is 0.322 e. The Kier molecular flexibility index (Phi) is 2.80. The van der Waals surface area contributed by atoms with Crippen molar-refractivity contribution in [3.05, 3.63) is 60.2 Å². The molecular formula is C15H14FN3. The van der Waals surface area contributed by atoms with Crippen molar-refractivity contribution in [2.75, 3.05) is 0 Å². The van der Waals surface area contributed by atoms with E-state index in [-0.39, 0.29) is 11.9 Å². The molecular weight excluding hydrogens is 241 g/mol. The summed E-state index contributed by atoms with van der Waals surface area (Å²) < 4.78 is 15.3. The Morgan fingerprint density at radius 1 is 1.16 bits per heavy atom. The summed E-state index contributed by atoms with van der Waals surface area (Å²) in [6.45, 7) is 1.87. The maximum absolute atomic E-state index is 13.3. The molecule has 0 aliphatic rings. The third-order valence-corrected chi connectivity index (χ3v) is 3.06. The third-order valence-electron chi connectivity index (χ3n) is 3.06. The SMILES string of the molecule is C[C@H](N)c1nc2cc(F)ccc2n1-c1ccccc1. The van der Waals surface area contributed by atoms with Gasteiger partial charge in [-0.15, -0.1) is 0 Å². The molecule has 2 aromatic carbocycles. The molecule has 0 aliphatic carbocycles. The zero-order chi connectivity index (χ0) is 13.4. The fourth-order valence-corrected chi connectivity index (χ4v) is 2.23. The zero-order valence-electron chi connectivity index (χ0n) is 10.5. The minimum atomic E-state index is -0.290. The first-order valence-corrected chi connectivity index (χ1v) is 6.16. The van der Waals surface area contributed by atoms with Crippen LogP contribution in [0.2, 0.25) is 0 Å². The molecule has 0 spiro atoms. The van der Waals surface area contributed by atoms with Gasteiger partial charge in [-0.1, -0.05) is 18.2 Å². The van der Waals surface area contributed by atoms with Crippen molar-refractivity contribution in [3.8, 4) is 5.69 Å². The van der Waals surface area contributed by atoms with E-state index in [0.29, 0.717) is 5.52 Å². The summed E-state index contributed by atoms with van der Waals surface area (Å²) in [5.74, 6) is 0.438. The lowest BCUT2D eigenvalue weighted by Crippen LogP contribution is -2.12. The molecule has 1 heterocycles. The molecule has 0 aliphatic heterocycles. The average molecular weight is 255 g/mol. The van der Waals surface area contributed by atoms with Gasteiger partial charge in [-0.25, -0.2) is 9.37 Å². The molecule has 0 amide bonds. The van der Waals surface area contributed by atoms with Gasteiger partial charge in [-0.3, -0.25) is 4.57 Å². The number of nitrogens with zero attached hydrogens (tertiary/aromatic N) is 2. The lowest BCUT2D eigenvalue weighted by molar-refractivity contribution is 0.629. The highest BCUT2D eigenvalue weighted by Crippen LogP contribution is 2.24. The van der Waals surface area contributed by atoms with Crippen LogP contribution in [-0.4, -0.2) is 9.55 Å². The summed E-state index contributed by atoms with van der Waals surface area (Å²) in [5, 5.41) is 0. The molecule has 0 fully saturated rings. The second kappa shape index (κ2) is 4.48. The summed E-state index contributed by atoms with van der Waals surface area (Å²) in [6.07, 6.45) is 0. The first-order chi connectivity index (χ1) is 9.16. The minimum absolute atomic E-state index is 0.226. The molecule has 96 valence electrons. The van der Waals surface area contributed by atoms with Crippen LogP contribution in [0.15, 0.2) is 48.5 Å². The molecule has 3 aromatic rings. The van der Waals surface area contributed by atoms with E-state index in [0.717, 1.165) is 17.0 Å². The monoisotopic (exact) mass is 255 g/mol. The van der Waals surface area contributed by atoms with Crippen LogP contribution >= 0.6 is 0 Å². The summed E-state index contributed by atoms with van der Waals surface area (Å²) in [6, 6.07) is 14.2. The smallest absolute Gasteiger partial charge is 0.131 e. The summed E-state index contributed by atoms with van der Waals surface area (Å²) >= 11 is 0. The Balaban J connectivity index is 2.35. The molecule has 0 saturated carbocycles. The number of hydrogen-bond donors (Lipinski definition) is 1. The highest BCUT2D eigenvalue weighted by atomic mass is 19.1. The molecule has 1 aromatic heterocycles. The number of nitrogens with two attached hydrogens (primary N) is 1. The number of fused-ring (bicyclic) bond motifs is 1. The molecule has 0 bridgehead atoms. The van der Waals surface area contributed by atoms with E-state index < -0.39 is 0 Å². The Bertz CT molecular complexity index is 717. The van der Waals surface area contributed by atoms with Gasteiger partial charge < -0.3 is 5.73 Å². The number of halogens is 1. The summed E-state index contributed by atoms with van der Waals surface area (Å²) in [5.41, 5.74) is 8.43. The van der Waals surface area contributed by atoms with E-state index in [4.69, 9.17) is 5.73 Å². The van der Waals surface area contributed by atoms with Crippen molar-refractivity contribution in [1.29, 1.82) is 0 Å². The fourth-order valence-electron chi connectivity index (χ4n) is 2.23. The van der Waals surface area contributed by atoms with Gasteiger partial charge in [0.1, 0.15) is 11.6 Å². The summed E-state index contributed by atoms with van der Waals surface area (Å²) in [4.78, 5) is 4.45. The predicted octanol–water partition coefficient (Wildman–Crippen LogP) is 3.18. The predicted molar refractivity (Wildman–Crippen MR) is 73.6 cm³/mol. The Hall–Kier alpha value is -2.20. The van der Waals surface area contributed by atoms with Crippen molar-refractivity contribution in [2.45, 2.75) is 13.0 Å². The molecule has 0 radical (unpaired) electrons. The van der Waals surface area contributed by atoms with Crippen LogP contribution < -0.4 is 5.73 Å². The minimum Gasteiger partial charge on any atom is -0.322 e. The van der Waals surface area contributed by atoms with Crippen LogP contribution in [0.4, 0.5) is 4.39 Å². The maximum atomic E-state index is 13.3. The molecule has 19 heavy (non-hydrogen) atoms. The molecule has 2 N–H and O–H groups in total. The number of rotatable bonds is 2. The van der Waals surface area contributed by atoms with Crippen molar-refractivity contribution >= 4 is 11.0 Å². The molecule has 3 nitrogen and oxygen atoms in total. The number of aromatic nitrogens is 2. The second-order valence-corrected chi connectivity index (χ2v) is 4.56. The number of para-hydroxylation sites is 1. The van der Waals surface area contributed by atoms with Crippen LogP contribution in [0, 0.1) is 5.82 Å². The first-order valence-electron chi connectivity index (χ1n) is 6.16. The van der Waals surface area contributed by atoms with Gasteiger partial charge in [0.2, 0.25) is 0 Å². The van der Waals surface area contributed by atoms with Crippen LogP contribution in [0.1, 0.15) is 18.8 Å². The lowest BCUT2D eigenvalue weighted by Gasteiger charge is -2.11. The molecule has 0 saturated heterocycles. The van der Waals surface area contributed by atoms with Crippen molar-refractivity contribution in [1.82, 2.24) is 9.55 Å². The standard InChI is InChI=1S/C15H14FN3/c1-10(17)15-18-13-9-11(16)7-8-14(13)19(15)12-5-3-2-4-6-12/h2-10H,17H2,1H3/t10-/m0/s1. The van der Waals surface area contributed by atoms with Gasteiger partial charge in [0.05, 0.1) is 17.1 Å². The highest BCUT2D eigenvalue weighted by Gasteiger charge is 2.15. The first kappa shape index (κ1) is 11.9. The number of benzene rings is 2. The number of hydrogen-bond acceptors (Lipinski definition) is 2. The maximum Gasteiger partial charge on any atom is 0.131 e. The van der Waals surface area contributed by atoms with Gasteiger partial charge in [-0.05, 0) is 31.2 Å². The average Bonchev–Trinajstić information content (AvgIpc) is 2.78. The molecule has 4 heteroatoms. The van der Waals surface area contributed by atoms with E-state index in [9.17, 15) is 4.39 Å². The van der Waals surface area contributed by atoms with Crippen molar-refractivity contribution < 1.29 is 4.39 Å². The van der Waals surface area contributed by atoms with E-state index in [1.807, 2.05) is 41.8 Å². The van der Waals surface area contributed by atoms with E-state index in [2.05, 4.69) is 4.98 Å². The van der Waals surface area contributed by atoms with Crippen LogP contribution in [-0.2, 0) is 0 Å². The van der Waals surface area contributed by atoms with Gasteiger partial charge in [0.25, 0.3) is 0 Å². The van der Waals surface area contributed by atoms with E-state index in [1.165, 1.54) is 12.1 Å². The molecule has 1 atom stereocenters. The Morgan fingerprint density at radius 3 is 2.58 bits per heavy atom. The van der Waals surface area contributed by atoms with Crippen molar-refractivity contribution in [2.24, 2.45) is 5.73 Å². The van der Waals surface area contributed by atoms with Crippen LogP contribution in [0.3, 0.4) is 0 Å². The Labute approximate surface area is 110 Å². The summed E-state index contributed by atoms with van der Waals surface area (Å²) in [7, 11) is 0. The van der Waals surface area contributed by atoms with Crippen molar-refractivity contribution in [3.63, 3.8) is 0 Å². The number of imidazole rings is 1. The van der Waals surface area contributed by atoms with Gasteiger partial charge in [0.15, 0.2) is 0 Å². The topological polar surface area (TPSA) is 43.8 Å². The zero-order valence-corrected chi connectivity index (χ0v) is 10.5. The molecule has 3 rings (SSSR count). The van der Waals surface area contributed by atoms with Gasteiger partial charge in [0, 0.05) is 11.8 Å². The normalized spacial score (nSPS) is 12.8. The second-order valence-electron chi connectivity index (χ2n) is 4.56. The van der Waals surface area contributed by atoms with Crippen LogP contribution in [0.5, 0.6) is 0 Å². The fraction of sp³-hybridized carbons (Fsp3) is 0.133. The third kappa shape index (κ3) is 2.00. The highest BCUT2D eigenvalue weighted by molar-refractivity contribution is 5.78. The van der Waals surface area contributed by atoms with E-state index in [1.54, 1.807) is 6.07 Å². The Morgan fingerprint density at radius 2 is 1.89 bits per heavy atom. The van der Waals surface area contributed by atoms with Gasteiger partial charge >= 0.3 is 0 Å². The van der Waals surface area contributed by atoms with E-state index >= 15 is 0 Å². The van der Waals surface area contributed by atoms with Crippen LogP contribution in [0.25, 0.3) is 16.7 Å². The molecule has 0 unspecified atom stereocenters. The quantitative estimate of drug-likeness (QED) is 0.764. The van der Waals surface area contributed by atoms with Gasteiger partial charge in [-0.2, -0.15) is 0 Å².